The van der Waals surface area contributed by atoms with Crippen LogP contribution in [0.25, 0.3) is 0 Å². The molecule has 33 heavy (non-hydrogen) atoms. The quantitative estimate of drug-likeness (QED) is 0.256. The molecular weight excluding hydrogens is 442 g/mol. The second-order valence-corrected chi connectivity index (χ2v) is 7.33. The molecule has 0 spiro atoms. The van der Waals surface area contributed by atoms with E-state index in [2.05, 4.69) is 15.8 Å². The Hall–Kier alpha value is -3.84. The summed E-state index contributed by atoms with van der Waals surface area (Å²) in [7, 11) is 0. The molecule has 0 bridgehead atoms. The fraction of sp³-hybridized carbons (Fsp3) is 0.160. The summed E-state index contributed by atoms with van der Waals surface area (Å²) in [6.45, 7) is 2.82. The highest BCUT2D eigenvalue weighted by Crippen LogP contribution is 2.19. The summed E-state index contributed by atoms with van der Waals surface area (Å²) in [4.78, 5) is 24.0. The lowest BCUT2D eigenvalue weighted by Gasteiger charge is -2.08. The van der Waals surface area contributed by atoms with Gasteiger partial charge >= 0.3 is 0 Å². The molecule has 3 aromatic carbocycles. The summed E-state index contributed by atoms with van der Waals surface area (Å²) in [6.07, 6.45) is 1.14. The van der Waals surface area contributed by atoms with Gasteiger partial charge in [0.05, 0.1) is 12.8 Å². The summed E-state index contributed by atoms with van der Waals surface area (Å²) in [5.74, 6) is 0.436. The number of hydrogen-bond donors (Lipinski definition) is 2. The lowest BCUT2D eigenvalue weighted by atomic mass is 10.2. The van der Waals surface area contributed by atoms with Crippen molar-refractivity contribution in [3.63, 3.8) is 0 Å². The van der Waals surface area contributed by atoms with Crippen molar-refractivity contribution in [1.29, 1.82) is 0 Å². The monoisotopic (exact) mass is 465 g/mol. The minimum Gasteiger partial charge on any atom is -0.494 e. The third kappa shape index (κ3) is 7.97. The summed E-state index contributed by atoms with van der Waals surface area (Å²) < 4.78 is 11.1. The van der Waals surface area contributed by atoms with Gasteiger partial charge in [-0.05, 0) is 67.1 Å². The molecule has 0 atom stereocenters. The van der Waals surface area contributed by atoms with Crippen LogP contribution in [0.3, 0.4) is 0 Å². The van der Waals surface area contributed by atoms with Crippen LogP contribution >= 0.6 is 11.6 Å². The number of benzene rings is 3. The number of rotatable bonds is 10. The van der Waals surface area contributed by atoms with Crippen molar-refractivity contribution in [2.45, 2.75) is 20.0 Å². The second-order valence-electron chi connectivity index (χ2n) is 6.92. The average Bonchev–Trinajstić information content (AvgIpc) is 2.81. The molecule has 3 rings (SSSR count). The Balaban J connectivity index is 1.41. The van der Waals surface area contributed by atoms with Gasteiger partial charge in [0.15, 0.2) is 0 Å². The third-order valence-corrected chi connectivity index (χ3v) is 4.77. The van der Waals surface area contributed by atoms with Crippen LogP contribution in [0.5, 0.6) is 11.5 Å². The normalized spacial score (nSPS) is 10.6. The number of nitrogens with zero attached hydrogens (tertiary/aromatic N) is 1. The lowest BCUT2D eigenvalue weighted by Crippen LogP contribution is -2.24. The molecule has 0 aliphatic heterocycles. The fourth-order valence-electron chi connectivity index (χ4n) is 2.80. The van der Waals surface area contributed by atoms with Crippen LogP contribution in [0.4, 0.5) is 5.69 Å². The molecule has 0 radical (unpaired) electrons. The maximum atomic E-state index is 12.0. The van der Waals surface area contributed by atoms with Crippen molar-refractivity contribution in [2.75, 3.05) is 11.9 Å². The van der Waals surface area contributed by atoms with Crippen LogP contribution in [-0.4, -0.2) is 24.6 Å². The number of anilines is 1. The Labute approximate surface area is 197 Å². The summed E-state index contributed by atoms with van der Waals surface area (Å²) in [6, 6.07) is 21.6. The average molecular weight is 466 g/mol. The van der Waals surface area contributed by atoms with Crippen LogP contribution in [0.2, 0.25) is 5.02 Å². The maximum absolute atomic E-state index is 12.0. The number of ether oxygens (including phenoxy) is 2. The highest BCUT2D eigenvalue weighted by molar-refractivity contribution is 6.31. The molecule has 2 amide bonds. The van der Waals surface area contributed by atoms with E-state index >= 15 is 0 Å². The van der Waals surface area contributed by atoms with Gasteiger partial charge in [-0.25, -0.2) is 5.43 Å². The fourth-order valence-corrected chi connectivity index (χ4v) is 2.99. The second kappa shape index (κ2) is 12.3. The topological polar surface area (TPSA) is 89.0 Å². The molecule has 3 aromatic rings. The smallest absolute Gasteiger partial charge is 0.249 e. The molecule has 2 N–H and O–H groups in total. The van der Waals surface area contributed by atoms with Crippen molar-refractivity contribution < 1.29 is 19.1 Å². The third-order valence-electron chi connectivity index (χ3n) is 4.41. The van der Waals surface area contributed by atoms with Crippen LogP contribution < -0.4 is 20.2 Å². The number of hydrazone groups is 1. The van der Waals surface area contributed by atoms with E-state index in [0.29, 0.717) is 35.4 Å². The molecule has 7 nitrogen and oxygen atoms in total. The van der Waals surface area contributed by atoms with Crippen molar-refractivity contribution in [3.8, 4) is 11.5 Å². The van der Waals surface area contributed by atoms with Gasteiger partial charge in [-0.3, -0.25) is 9.59 Å². The maximum Gasteiger partial charge on any atom is 0.249 e. The van der Waals surface area contributed by atoms with Gasteiger partial charge < -0.3 is 14.8 Å². The number of carbonyl (C=O) groups is 2. The first-order valence-electron chi connectivity index (χ1n) is 10.3. The van der Waals surface area contributed by atoms with Gasteiger partial charge in [0.2, 0.25) is 11.8 Å². The van der Waals surface area contributed by atoms with E-state index in [-0.39, 0.29) is 6.42 Å². The molecule has 8 heteroatoms. The first-order chi connectivity index (χ1) is 16.0. The molecular formula is C25H24ClN3O4. The van der Waals surface area contributed by atoms with E-state index in [1.165, 1.54) is 6.21 Å². The van der Waals surface area contributed by atoms with Crippen molar-refractivity contribution in [2.24, 2.45) is 5.10 Å². The van der Waals surface area contributed by atoms with Crippen molar-refractivity contribution in [1.82, 2.24) is 5.43 Å². The first-order valence-corrected chi connectivity index (χ1v) is 10.7. The highest BCUT2D eigenvalue weighted by Gasteiger charge is 2.09. The van der Waals surface area contributed by atoms with Crippen molar-refractivity contribution >= 4 is 35.3 Å². The SMILES string of the molecule is CCOc1ccc(NC(=O)CC(=O)NN=Cc2ccc(OCc3ccccc3Cl)cc2)cc1. The van der Waals surface area contributed by atoms with Crippen molar-refractivity contribution in [3.05, 3.63) is 88.9 Å². The Bertz CT molecular complexity index is 1100. The Morgan fingerprint density at radius 3 is 2.27 bits per heavy atom. The summed E-state index contributed by atoms with van der Waals surface area (Å²) in [5.41, 5.74) is 4.59. The van der Waals surface area contributed by atoms with Gasteiger partial charge in [0.1, 0.15) is 24.5 Å². The van der Waals surface area contributed by atoms with Crippen LogP contribution in [-0.2, 0) is 16.2 Å². The minimum absolute atomic E-state index is 0.348. The van der Waals surface area contributed by atoms with Gasteiger partial charge in [0, 0.05) is 16.3 Å². The molecule has 0 aliphatic rings. The molecule has 0 aromatic heterocycles. The first kappa shape index (κ1) is 23.8. The van der Waals surface area contributed by atoms with E-state index in [9.17, 15) is 9.59 Å². The van der Waals surface area contributed by atoms with Gasteiger partial charge in [-0.1, -0.05) is 29.8 Å². The molecule has 0 saturated carbocycles. The highest BCUT2D eigenvalue weighted by atomic mass is 35.5. The molecule has 0 aliphatic carbocycles. The van der Waals surface area contributed by atoms with Gasteiger partial charge in [0.25, 0.3) is 0 Å². The Kier molecular flexibility index (Phi) is 8.85. The van der Waals surface area contributed by atoms with E-state index in [4.69, 9.17) is 21.1 Å². The predicted molar refractivity (Wildman–Crippen MR) is 129 cm³/mol. The van der Waals surface area contributed by atoms with Gasteiger partial charge in [-0.15, -0.1) is 0 Å². The molecule has 0 fully saturated rings. The molecule has 170 valence electrons. The number of nitrogens with one attached hydrogen (secondary N) is 2. The van der Waals surface area contributed by atoms with E-state index in [0.717, 1.165) is 11.1 Å². The van der Waals surface area contributed by atoms with E-state index in [1.807, 2.05) is 31.2 Å². The summed E-state index contributed by atoms with van der Waals surface area (Å²) in [5, 5.41) is 7.20. The predicted octanol–water partition coefficient (Wildman–Crippen LogP) is 4.80. The standard InChI is InChI=1S/C25H24ClN3O4/c1-2-32-21-13-9-20(10-14-21)28-24(30)15-25(31)29-27-16-18-7-11-22(12-8-18)33-17-19-5-3-4-6-23(19)26/h3-14,16H,2,15,17H2,1H3,(H,28,30)(H,29,31). The van der Waals surface area contributed by atoms with Crippen LogP contribution in [0.15, 0.2) is 77.9 Å². The zero-order valence-corrected chi connectivity index (χ0v) is 18.8. The van der Waals surface area contributed by atoms with Crippen LogP contribution in [0.1, 0.15) is 24.5 Å². The largest absolute Gasteiger partial charge is 0.494 e. The molecule has 0 saturated heterocycles. The van der Waals surface area contributed by atoms with E-state index < -0.39 is 11.8 Å². The number of amides is 2. The number of hydrogen-bond acceptors (Lipinski definition) is 5. The van der Waals surface area contributed by atoms with Gasteiger partial charge in [-0.2, -0.15) is 5.10 Å². The zero-order valence-electron chi connectivity index (χ0n) is 18.1. The Morgan fingerprint density at radius 2 is 1.58 bits per heavy atom. The lowest BCUT2D eigenvalue weighted by molar-refractivity contribution is -0.126. The Morgan fingerprint density at radius 1 is 0.909 bits per heavy atom. The van der Waals surface area contributed by atoms with E-state index in [1.54, 1.807) is 48.5 Å². The molecule has 0 heterocycles. The number of carbonyl (C=O) groups excluding carboxylic acids is 2. The minimum atomic E-state index is -0.519. The number of halogens is 1. The zero-order chi connectivity index (χ0) is 23.5. The van der Waals surface area contributed by atoms with Crippen LogP contribution in [0, 0.1) is 0 Å². The molecule has 0 unspecified atom stereocenters. The summed E-state index contributed by atoms with van der Waals surface area (Å²) >= 11 is 6.13.